The SMILES string of the molecule is Cc1c(C)c(S(=O)(=O)NC(N)=NCCC[C@H](NC(=O)c2ccc3c(c2)C(F)(F)C(=O)NC3=O)C(=O)OC(C)(C)C)c(C)c2c1OC(C)(C)CC2. The summed E-state index contributed by atoms with van der Waals surface area (Å²) in [6.07, 6.45) is 1.43. The number of halogens is 2. The number of sulfonamides is 1. The first-order valence-corrected chi connectivity index (χ1v) is 17.5. The highest BCUT2D eigenvalue weighted by molar-refractivity contribution is 7.90. The Bertz CT molecular complexity index is 1900. The predicted molar refractivity (Wildman–Crippen MR) is 180 cm³/mol. The second-order valence-electron chi connectivity index (χ2n) is 14.1. The largest absolute Gasteiger partial charge is 0.487 e. The maximum Gasteiger partial charge on any atom is 0.351 e. The molecule has 2 aliphatic heterocycles. The number of nitrogens with two attached hydrogens (primary N) is 1. The highest BCUT2D eigenvalue weighted by Crippen LogP contribution is 2.42. The lowest BCUT2D eigenvalue weighted by molar-refractivity contribution is -0.157. The summed E-state index contributed by atoms with van der Waals surface area (Å²) in [5, 5.41) is 4.03. The zero-order valence-electron chi connectivity index (χ0n) is 29.3. The number of aliphatic imine (C=N–C) groups is 1. The van der Waals surface area contributed by atoms with Crippen LogP contribution in [-0.2, 0) is 36.7 Å². The molecule has 0 radical (unpaired) electrons. The zero-order chi connectivity index (χ0) is 37.6. The molecule has 0 spiro atoms. The number of nitrogens with zero attached hydrogens (tertiary/aromatic N) is 1. The van der Waals surface area contributed by atoms with E-state index in [1.54, 1.807) is 39.9 Å². The van der Waals surface area contributed by atoms with Gasteiger partial charge in [-0.3, -0.25) is 24.7 Å². The molecular formula is C34H43F2N5O8S. The van der Waals surface area contributed by atoms with Gasteiger partial charge in [-0.2, -0.15) is 8.78 Å². The molecule has 13 nitrogen and oxygen atoms in total. The summed E-state index contributed by atoms with van der Waals surface area (Å²) in [4.78, 5) is 54.1. The summed E-state index contributed by atoms with van der Waals surface area (Å²) in [7, 11) is -4.15. The molecule has 0 unspecified atom stereocenters. The molecule has 0 aliphatic carbocycles. The van der Waals surface area contributed by atoms with Crippen molar-refractivity contribution >= 4 is 39.7 Å². The molecule has 16 heteroatoms. The molecule has 0 fully saturated rings. The maximum atomic E-state index is 14.6. The third-order valence-electron chi connectivity index (χ3n) is 8.48. The fourth-order valence-electron chi connectivity index (χ4n) is 5.84. The fourth-order valence-corrected chi connectivity index (χ4v) is 7.37. The van der Waals surface area contributed by atoms with Gasteiger partial charge in [0.2, 0.25) is 5.96 Å². The number of carbonyl (C=O) groups is 4. The van der Waals surface area contributed by atoms with Crippen LogP contribution in [0.25, 0.3) is 0 Å². The maximum absolute atomic E-state index is 14.6. The van der Waals surface area contributed by atoms with Crippen molar-refractivity contribution in [1.82, 2.24) is 15.4 Å². The number of hydrogen-bond donors (Lipinski definition) is 4. The van der Waals surface area contributed by atoms with Crippen LogP contribution in [0.1, 0.15) is 102 Å². The summed E-state index contributed by atoms with van der Waals surface area (Å²) >= 11 is 0. The number of alkyl halides is 2. The summed E-state index contributed by atoms with van der Waals surface area (Å²) in [6.45, 7) is 14.0. The summed E-state index contributed by atoms with van der Waals surface area (Å²) < 4.78 is 70.1. The number of amides is 3. The van der Waals surface area contributed by atoms with Crippen molar-refractivity contribution in [2.45, 2.75) is 109 Å². The van der Waals surface area contributed by atoms with E-state index in [9.17, 15) is 36.4 Å². The van der Waals surface area contributed by atoms with Gasteiger partial charge in [0.1, 0.15) is 23.0 Å². The van der Waals surface area contributed by atoms with E-state index in [2.05, 4.69) is 15.0 Å². The van der Waals surface area contributed by atoms with Gasteiger partial charge in [-0.05, 0) is 122 Å². The van der Waals surface area contributed by atoms with Crippen molar-refractivity contribution in [3.8, 4) is 5.75 Å². The molecule has 2 aromatic carbocycles. The monoisotopic (exact) mass is 719 g/mol. The highest BCUT2D eigenvalue weighted by Gasteiger charge is 2.48. The molecule has 2 aromatic rings. The second-order valence-corrected chi connectivity index (χ2v) is 15.7. The fraction of sp³-hybridized carbons (Fsp3) is 0.500. The molecular weight excluding hydrogens is 676 g/mol. The summed E-state index contributed by atoms with van der Waals surface area (Å²) in [5.41, 5.74) is 5.56. The lowest BCUT2D eigenvalue weighted by Crippen LogP contribution is -2.48. The number of hydrogen-bond acceptors (Lipinski definition) is 9. The van der Waals surface area contributed by atoms with Gasteiger partial charge in [-0.15, -0.1) is 0 Å². The van der Waals surface area contributed by atoms with Crippen LogP contribution >= 0.6 is 0 Å². The van der Waals surface area contributed by atoms with Crippen LogP contribution in [0.4, 0.5) is 8.78 Å². The van der Waals surface area contributed by atoms with Crippen molar-refractivity contribution in [1.29, 1.82) is 0 Å². The number of fused-ring (bicyclic) bond motifs is 2. The van der Waals surface area contributed by atoms with Crippen LogP contribution in [0.2, 0.25) is 0 Å². The first kappa shape index (κ1) is 38.2. The van der Waals surface area contributed by atoms with Gasteiger partial charge >= 0.3 is 17.8 Å². The molecule has 1 atom stereocenters. The molecule has 50 heavy (non-hydrogen) atoms. The number of imide groups is 1. The number of guanidine groups is 1. The van der Waals surface area contributed by atoms with Gasteiger partial charge in [0.15, 0.2) is 0 Å². The van der Waals surface area contributed by atoms with Gasteiger partial charge in [0.05, 0.1) is 4.90 Å². The van der Waals surface area contributed by atoms with Crippen molar-refractivity contribution in [2.24, 2.45) is 10.7 Å². The van der Waals surface area contributed by atoms with Crippen LogP contribution in [0, 0.1) is 20.8 Å². The molecule has 0 saturated carbocycles. The first-order chi connectivity index (χ1) is 22.9. The molecule has 4 rings (SSSR count). The topological polar surface area (TPSA) is 195 Å². The number of nitrogens with one attached hydrogen (secondary N) is 3. The molecule has 3 amide bonds. The van der Waals surface area contributed by atoms with Crippen LogP contribution in [0.15, 0.2) is 28.1 Å². The predicted octanol–water partition coefficient (Wildman–Crippen LogP) is 3.59. The van der Waals surface area contributed by atoms with Gasteiger partial charge in [0.25, 0.3) is 21.8 Å². The van der Waals surface area contributed by atoms with Crippen LogP contribution in [0.3, 0.4) is 0 Å². The van der Waals surface area contributed by atoms with Crippen molar-refractivity contribution in [2.75, 3.05) is 6.54 Å². The average molecular weight is 720 g/mol. The molecule has 2 heterocycles. The minimum absolute atomic E-state index is 0.0508. The zero-order valence-corrected chi connectivity index (χ0v) is 30.1. The smallest absolute Gasteiger partial charge is 0.351 e. The van der Waals surface area contributed by atoms with Crippen molar-refractivity contribution in [3.05, 3.63) is 57.1 Å². The first-order valence-electron chi connectivity index (χ1n) is 16.0. The number of benzene rings is 2. The van der Waals surface area contributed by atoms with Gasteiger partial charge in [-0.1, -0.05) is 0 Å². The molecule has 5 N–H and O–H groups in total. The Hall–Kier alpha value is -4.60. The normalized spacial score (nSPS) is 17.4. The highest BCUT2D eigenvalue weighted by atomic mass is 32.2. The lowest BCUT2D eigenvalue weighted by Gasteiger charge is -2.35. The van der Waals surface area contributed by atoms with E-state index in [0.717, 1.165) is 23.8 Å². The summed E-state index contributed by atoms with van der Waals surface area (Å²) in [5.74, 6) is -8.36. The number of rotatable bonds is 9. The van der Waals surface area contributed by atoms with Crippen LogP contribution < -0.4 is 25.8 Å². The third-order valence-corrected chi connectivity index (χ3v) is 10.1. The number of carbonyl (C=O) groups excluding carboxylic acids is 4. The summed E-state index contributed by atoms with van der Waals surface area (Å²) in [6, 6.07) is 1.56. The van der Waals surface area contributed by atoms with Crippen LogP contribution in [0.5, 0.6) is 5.75 Å². The Morgan fingerprint density at radius 2 is 1.78 bits per heavy atom. The van der Waals surface area contributed by atoms with Gasteiger partial charge < -0.3 is 20.5 Å². The molecule has 0 bridgehead atoms. The van der Waals surface area contributed by atoms with E-state index in [1.807, 2.05) is 20.8 Å². The Labute approximate surface area is 289 Å². The molecule has 0 saturated heterocycles. The number of esters is 1. The standard InChI is InChI=1S/C34H43F2N5O8S/c1-17-18(2)26(19(3)21-13-14-33(7,8)48-25(17)21)50(46,47)41-31(37)38-15-9-10-24(29(44)49-32(4,5)6)39-27(42)20-11-12-22-23(16-20)34(35,36)30(45)40-28(22)43/h11-12,16,24H,9-10,13-15H2,1-8H3,(H,39,42)(H3,37,38,41)(H,40,43,45)/t24-/m0/s1. The van der Waals surface area contributed by atoms with E-state index in [0.29, 0.717) is 35.3 Å². The molecule has 272 valence electrons. The Morgan fingerprint density at radius 3 is 2.42 bits per heavy atom. The van der Waals surface area contributed by atoms with E-state index in [-0.39, 0.29) is 41.4 Å². The molecule has 0 aromatic heterocycles. The second kappa shape index (κ2) is 13.6. The minimum Gasteiger partial charge on any atom is -0.487 e. The minimum atomic E-state index is -4.15. The van der Waals surface area contributed by atoms with Crippen molar-refractivity contribution in [3.63, 3.8) is 0 Å². The van der Waals surface area contributed by atoms with E-state index < -0.39 is 62.4 Å². The van der Waals surface area contributed by atoms with Crippen molar-refractivity contribution < 1.29 is 45.9 Å². The van der Waals surface area contributed by atoms with E-state index in [1.165, 1.54) is 0 Å². The van der Waals surface area contributed by atoms with Crippen LogP contribution in [-0.4, -0.2) is 61.9 Å². The molecule has 2 aliphatic rings. The number of ether oxygens (including phenoxy) is 2. The van der Waals surface area contributed by atoms with Gasteiger partial charge in [-0.25, -0.2) is 17.9 Å². The Morgan fingerprint density at radius 1 is 1.12 bits per heavy atom. The Balaban J connectivity index is 1.48. The quantitative estimate of drug-likeness (QED) is 0.0985. The average Bonchev–Trinajstić information content (AvgIpc) is 2.98. The van der Waals surface area contributed by atoms with E-state index in [4.69, 9.17) is 15.2 Å². The lowest BCUT2D eigenvalue weighted by atomic mass is 9.88. The van der Waals surface area contributed by atoms with Gasteiger partial charge in [0, 0.05) is 23.2 Å². The van der Waals surface area contributed by atoms with E-state index >= 15 is 0 Å². The third kappa shape index (κ3) is 8.06. The Kier molecular flexibility index (Phi) is 10.4.